The van der Waals surface area contributed by atoms with Crippen LogP contribution in [-0.4, -0.2) is 18.0 Å². The van der Waals surface area contributed by atoms with Crippen molar-refractivity contribution in [3.05, 3.63) is 17.7 Å². The van der Waals surface area contributed by atoms with Gasteiger partial charge in [0.05, 0.1) is 7.11 Å². The molecule has 0 atom stereocenters. The predicted molar refractivity (Wildman–Crippen MR) is 109 cm³/mol. The standard InChI is InChI=1S/C21H30N2O2S/c1-24-18-12-17(11-15-7-5-6-8-15)13-19-20(18)21(22-25-19)23-26-14-16-9-3-2-4-10-16/h12-13,15-16H,2-11,14H2,1H3,(H,22,23). The van der Waals surface area contributed by atoms with Gasteiger partial charge in [0.25, 0.3) is 0 Å². The fourth-order valence-electron chi connectivity index (χ4n) is 4.57. The number of nitrogens with one attached hydrogen (secondary N) is 1. The number of ether oxygens (including phenoxy) is 1. The van der Waals surface area contributed by atoms with Gasteiger partial charge in [-0.1, -0.05) is 62.1 Å². The molecule has 2 aromatic rings. The second-order valence-electron chi connectivity index (χ2n) is 7.97. The number of hydrogen-bond donors (Lipinski definition) is 1. The minimum Gasteiger partial charge on any atom is -0.496 e. The molecular formula is C21H30N2O2S. The lowest BCUT2D eigenvalue weighted by Crippen LogP contribution is -2.09. The zero-order valence-corrected chi connectivity index (χ0v) is 16.6. The molecule has 2 aliphatic rings. The van der Waals surface area contributed by atoms with Gasteiger partial charge in [-0.3, -0.25) is 0 Å². The van der Waals surface area contributed by atoms with Gasteiger partial charge in [0.1, 0.15) is 11.1 Å². The van der Waals surface area contributed by atoms with Crippen molar-refractivity contribution >= 4 is 28.7 Å². The van der Waals surface area contributed by atoms with Gasteiger partial charge in [0.15, 0.2) is 11.4 Å². The Morgan fingerprint density at radius 3 is 2.58 bits per heavy atom. The zero-order valence-electron chi connectivity index (χ0n) is 15.8. The van der Waals surface area contributed by atoms with E-state index in [1.165, 1.54) is 63.4 Å². The van der Waals surface area contributed by atoms with E-state index in [-0.39, 0.29) is 0 Å². The van der Waals surface area contributed by atoms with E-state index in [1.54, 1.807) is 19.1 Å². The van der Waals surface area contributed by atoms with Crippen LogP contribution in [0.15, 0.2) is 16.7 Å². The van der Waals surface area contributed by atoms with Gasteiger partial charge in [-0.05, 0) is 48.8 Å². The van der Waals surface area contributed by atoms with Crippen molar-refractivity contribution in [2.45, 2.75) is 64.2 Å². The molecule has 4 rings (SSSR count). The van der Waals surface area contributed by atoms with Crippen LogP contribution in [0.3, 0.4) is 0 Å². The van der Waals surface area contributed by atoms with Crippen LogP contribution in [0.25, 0.3) is 11.0 Å². The third kappa shape index (κ3) is 4.13. The molecule has 4 nitrogen and oxygen atoms in total. The molecule has 0 saturated heterocycles. The Kier molecular flexibility index (Phi) is 5.93. The van der Waals surface area contributed by atoms with E-state index in [2.05, 4.69) is 22.0 Å². The molecule has 0 radical (unpaired) electrons. The first kappa shape index (κ1) is 18.0. The number of anilines is 1. The number of nitrogens with zero attached hydrogens (tertiary/aromatic N) is 1. The lowest BCUT2D eigenvalue weighted by molar-refractivity contribution is 0.391. The summed E-state index contributed by atoms with van der Waals surface area (Å²) in [5.41, 5.74) is 2.14. The Morgan fingerprint density at radius 1 is 1.08 bits per heavy atom. The van der Waals surface area contributed by atoms with Gasteiger partial charge < -0.3 is 14.0 Å². The van der Waals surface area contributed by atoms with Crippen LogP contribution in [0.2, 0.25) is 0 Å². The average molecular weight is 375 g/mol. The molecule has 0 amide bonds. The second-order valence-corrected chi connectivity index (χ2v) is 8.80. The summed E-state index contributed by atoms with van der Waals surface area (Å²) in [6.45, 7) is 0. The number of methoxy groups -OCH3 is 1. The van der Waals surface area contributed by atoms with Gasteiger partial charge in [-0.15, -0.1) is 0 Å². The quantitative estimate of drug-likeness (QED) is 0.584. The van der Waals surface area contributed by atoms with Gasteiger partial charge in [0.2, 0.25) is 0 Å². The molecule has 1 aromatic heterocycles. The van der Waals surface area contributed by atoms with Crippen LogP contribution in [0.1, 0.15) is 63.4 Å². The van der Waals surface area contributed by atoms with Gasteiger partial charge >= 0.3 is 0 Å². The van der Waals surface area contributed by atoms with Crippen LogP contribution >= 0.6 is 11.9 Å². The van der Waals surface area contributed by atoms with Crippen molar-refractivity contribution in [1.82, 2.24) is 5.16 Å². The largest absolute Gasteiger partial charge is 0.496 e. The Morgan fingerprint density at radius 2 is 1.81 bits per heavy atom. The molecule has 0 bridgehead atoms. The normalized spacial score (nSPS) is 19.3. The van der Waals surface area contributed by atoms with Crippen LogP contribution in [0.4, 0.5) is 5.82 Å². The van der Waals surface area contributed by atoms with Crippen LogP contribution in [0.5, 0.6) is 5.75 Å². The Bertz CT molecular complexity index is 718. The summed E-state index contributed by atoms with van der Waals surface area (Å²) in [5.74, 6) is 4.45. The summed E-state index contributed by atoms with van der Waals surface area (Å²) in [6, 6.07) is 4.33. The molecular weight excluding hydrogens is 344 g/mol. The molecule has 2 fully saturated rings. The summed E-state index contributed by atoms with van der Waals surface area (Å²) >= 11 is 1.75. The maximum absolute atomic E-state index is 5.68. The SMILES string of the molecule is COc1cc(CC2CCCC2)cc2onc(NSCC3CCCCC3)c12. The number of fused-ring (bicyclic) bond motifs is 1. The highest BCUT2D eigenvalue weighted by Crippen LogP contribution is 2.37. The lowest BCUT2D eigenvalue weighted by atomic mass is 9.91. The molecule has 0 aliphatic heterocycles. The molecule has 0 unspecified atom stereocenters. The van der Waals surface area contributed by atoms with E-state index in [0.29, 0.717) is 0 Å². The molecule has 1 heterocycles. The van der Waals surface area contributed by atoms with Gasteiger partial charge in [0, 0.05) is 5.75 Å². The molecule has 2 saturated carbocycles. The lowest BCUT2D eigenvalue weighted by Gasteiger charge is -2.20. The van der Waals surface area contributed by atoms with Crippen molar-refractivity contribution in [2.75, 3.05) is 17.6 Å². The zero-order chi connectivity index (χ0) is 17.8. The van der Waals surface area contributed by atoms with Crippen molar-refractivity contribution < 1.29 is 9.26 Å². The first-order valence-corrected chi connectivity index (χ1v) is 11.2. The van der Waals surface area contributed by atoms with Gasteiger partial charge in [-0.2, -0.15) is 0 Å². The average Bonchev–Trinajstić information content (AvgIpc) is 3.32. The van der Waals surface area contributed by atoms with Crippen molar-refractivity contribution in [3.63, 3.8) is 0 Å². The summed E-state index contributed by atoms with van der Waals surface area (Å²) in [6.07, 6.45) is 13.5. The van der Waals surface area contributed by atoms with E-state index in [4.69, 9.17) is 9.26 Å². The monoisotopic (exact) mass is 374 g/mol. The van der Waals surface area contributed by atoms with E-state index in [9.17, 15) is 0 Å². The fraction of sp³-hybridized carbons (Fsp3) is 0.667. The summed E-state index contributed by atoms with van der Waals surface area (Å²) in [7, 11) is 1.74. The summed E-state index contributed by atoms with van der Waals surface area (Å²) in [4.78, 5) is 0. The summed E-state index contributed by atoms with van der Waals surface area (Å²) < 4.78 is 14.7. The predicted octanol–water partition coefficient (Wildman–Crippen LogP) is 6.21. The molecule has 2 aliphatic carbocycles. The molecule has 1 N–H and O–H groups in total. The van der Waals surface area contributed by atoms with E-state index >= 15 is 0 Å². The van der Waals surface area contributed by atoms with Crippen molar-refractivity contribution in [1.29, 1.82) is 0 Å². The topological polar surface area (TPSA) is 47.3 Å². The fourth-order valence-corrected chi connectivity index (χ4v) is 5.50. The van der Waals surface area contributed by atoms with E-state index < -0.39 is 0 Å². The minimum atomic E-state index is 0.796. The second kappa shape index (κ2) is 8.55. The highest BCUT2D eigenvalue weighted by atomic mass is 32.2. The Labute approximate surface area is 160 Å². The highest BCUT2D eigenvalue weighted by molar-refractivity contribution is 8.00. The molecule has 1 aromatic carbocycles. The number of hydrogen-bond acceptors (Lipinski definition) is 5. The smallest absolute Gasteiger partial charge is 0.191 e. The summed E-state index contributed by atoms with van der Waals surface area (Å²) in [5, 5.41) is 5.24. The molecule has 26 heavy (non-hydrogen) atoms. The van der Waals surface area contributed by atoms with E-state index in [1.807, 2.05) is 0 Å². The van der Waals surface area contributed by atoms with Crippen molar-refractivity contribution in [3.8, 4) is 5.75 Å². The number of benzene rings is 1. The molecule has 142 valence electrons. The van der Waals surface area contributed by atoms with Crippen LogP contribution in [0, 0.1) is 11.8 Å². The van der Waals surface area contributed by atoms with E-state index in [0.717, 1.165) is 46.5 Å². The molecule has 5 heteroatoms. The minimum absolute atomic E-state index is 0.796. The third-order valence-electron chi connectivity index (χ3n) is 6.03. The third-order valence-corrected chi connectivity index (χ3v) is 7.01. The maximum Gasteiger partial charge on any atom is 0.191 e. The number of aromatic nitrogens is 1. The van der Waals surface area contributed by atoms with Crippen LogP contribution < -0.4 is 9.46 Å². The first-order valence-electron chi connectivity index (χ1n) is 10.2. The maximum atomic E-state index is 5.68. The van der Waals surface area contributed by atoms with Crippen LogP contribution in [-0.2, 0) is 6.42 Å². The first-order chi connectivity index (χ1) is 12.8. The highest BCUT2D eigenvalue weighted by Gasteiger charge is 2.20. The molecule has 0 spiro atoms. The van der Waals surface area contributed by atoms with Crippen molar-refractivity contribution in [2.24, 2.45) is 11.8 Å². The Balaban J connectivity index is 1.45. The number of rotatable bonds is 7. The Hall–Kier alpha value is -1.36. The van der Waals surface area contributed by atoms with Gasteiger partial charge in [-0.25, -0.2) is 0 Å².